The molecule has 0 radical (unpaired) electrons. The van der Waals surface area contributed by atoms with E-state index in [-0.39, 0.29) is 18.9 Å². The van der Waals surface area contributed by atoms with Crippen LogP contribution in [0.25, 0.3) is 0 Å². The summed E-state index contributed by atoms with van der Waals surface area (Å²) < 4.78 is 46.4. The molecule has 0 aliphatic heterocycles. The largest absolute Gasteiger partial charge is 0.493 e. The van der Waals surface area contributed by atoms with Crippen LogP contribution in [0.2, 0.25) is 5.02 Å². The monoisotopic (exact) mass is 316 g/mol. The molecule has 0 fully saturated rings. The van der Waals surface area contributed by atoms with E-state index in [0.717, 1.165) is 0 Å². The molecule has 0 heterocycles. The predicted molar refractivity (Wildman–Crippen MR) is 68.3 cm³/mol. The Morgan fingerprint density at radius 2 is 1.95 bits per heavy atom. The zero-order valence-corrected chi connectivity index (χ0v) is 11.7. The van der Waals surface area contributed by atoms with E-state index >= 15 is 0 Å². The van der Waals surface area contributed by atoms with Gasteiger partial charge in [0.1, 0.15) is 0 Å². The number of hydrogen-bond donors (Lipinski definition) is 0. The number of rotatable bonds is 6. The first-order chi connectivity index (χ1) is 8.87. The minimum atomic E-state index is -4.18. The van der Waals surface area contributed by atoms with Gasteiger partial charge in [0.2, 0.25) is 0 Å². The van der Waals surface area contributed by atoms with Crippen LogP contribution in [0.1, 0.15) is 18.4 Å². The lowest BCUT2D eigenvalue weighted by atomic mass is 10.2. The van der Waals surface area contributed by atoms with Crippen molar-refractivity contribution < 1.29 is 22.6 Å². The molecule has 0 aromatic heterocycles. The Bertz CT molecular complexity index is 397. The molecule has 7 heteroatoms. The Kier molecular flexibility index (Phi) is 6.07. The number of methoxy groups -OCH3 is 1. The van der Waals surface area contributed by atoms with E-state index < -0.39 is 12.6 Å². The summed E-state index contributed by atoms with van der Waals surface area (Å²) in [5, 5.41) is 0.426. The van der Waals surface area contributed by atoms with Gasteiger partial charge in [-0.25, -0.2) is 0 Å². The molecule has 0 N–H and O–H groups in total. The lowest BCUT2D eigenvalue weighted by Crippen LogP contribution is -2.10. The van der Waals surface area contributed by atoms with Gasteiger partial charge >= 0.3 is 6.18 Å². The lowest BCUT2D eigenvalue weighted by Gasteiger charge is -2.15. The van der Waals surface area contributed by atoms with Crippen LogP contribution in [0, 0.1) is 0 Å². The molecule has 0 amide bonds. The molecule has 0 spiro atoms. The van der Waals surface area contributed by atoms with E-state index in [1.807, 2.05) is 0 Å². The zero-order chi connectivity index (χ0) is 14.5. The molecule has 0 saturated heterocycles. The Labute approximate surface area is 119 Å². The first-order valence-electron chi connectivity index (χ1n) is 5.49. The second kappa shape index (κ2) is 7.10. The maximum absolute atomic E-state index is 12.0. The third-order valence-electron chi connectivity index (χ3n) is 2.31. The molecule has 0 atom stereocenters. The number of ether oxygens (including phenoxy) is 2. The average molecular weight is 317 g/mol. The Morgan fingerprint density at radius 3 is 2.47 bits per heavy atom. The molecule has 0 bridgehead atoms. The van der Waals surface area contributed by atoms with Gasteiger partial charge < -0.3 is 9.47 Å². The summed E-state index contributed by atoms with van der Waals surface area (Å²) in [6, 6.07) is 3.12. The topological polar surface area (TPSA) is 18.5 Å². The first-order valence-corrected chi connectivity index (χ1v) is 6.40. The summed E-state index contributed by atoms with van der Waals surface area (Å²) in [5.74, 6) is 0.824. The van der Waals surface area contributed by atoms with Crippen LogP contribution < -0.4 is 9.47 Å². The SMILES string of the molecule is COc1cc(Cl)cc(CCl)c1OCCCC(F)(F)F. The predicted octanol–water partition coefficient (Wildman–Crippen LogP) is 4.81. The zero-order valence-electron chi connectivity index (χ0n) is 10.2. The molecular formula is C12H13Cl2F3O2. The summed E-state index contributed by atoms with van der Waals surface area (Å²) in [5.41, 5.74) is 0.582. The number of halogens is 5. The maximum Gasteiger partial charge on any atom is 0.389 e. The fourth-order valence-electron chi connectivity index (χ4n) is 1.48. The van der Waals surface area contributed by atoms with Crippen molar-refractivity contribution in [1.29, 1.82) is 0 Å². The fourth-order valence-corrected chi connectivity index (χ4v) is 1.91. The Hall–Kier alpha value is -0.810. The van der Waals surface area contributed by atoms with Crippen molar-refractivity contribution in [1.82, 2.24) is 0 Å². The van der Waals surface area contributed by atoms with Crippen LogP contribution in [0.15, 0.2) is 12.1 Å². The van der Waals surface area contributed by atoms with E-state index in [0.29, 0.717) is 22.1 Å². The molecule has 1 aromatic carbocycles. The van der Waals surface area contributed by atoms with Gasteiger partial charge in [0.05, 0.1) is 19.6 Å². The van der Waals surface area contributed by atoms with E-state index in [9.17, 15) is 13.2 Å². The van der Waals surface area contributed by atoms with Gasteiger partial charge in [-0.3, -0.25) is 0 Å². The van der Waals surface area contributed by atoms with Crippen LogP contribution >= 0.6 is 23.2 Å². The maximum atomic E-state index is 12.0. The summed E-state index contributed by atoms with van der Waals surface area (Å²) in [4.78, 5) is 0. The van der Waals surface area contributed by atoms with Crippen LogP contribution in [0.5, 0.6) is 11.5 Å². The summed E-state index contributed by atoms with van der Waals surface area (Å²) in [6.07, 6.45) is -5.20. The second-order valence-corrected chi connectivity index (χ2v) is 4.50. The molecule has 1 aromatic rings. The van der Waals surface area contributed by atoms with Gasteiger partial charge in [-0.1, -0.05) is 11.6 Å². The van der Waals surface area contributed by atoms with Crippen LogP contribution in [-0.2, 0) is 5.88 Å². The molecule has 0 unspecified atom stereocenters. The minimum Gasteiger partial charge on any atom is -0.493 e. The van der Waals surface area contributed by atoms with E-state index in [1.54, 1.807) is 6.07 Å². The van der Waals surface area contributed by atoms with Crippen LogP contribution in [0.4, 0.5) is 13.2 Å². The van der Waals surface area contributed by atoms with Gasteiger partial charge in [0.25, 0.3) is 0 Å². The van der Waals surface area contributed by atoms with E-state index in [2.05, 4.69) is 0 Å². The van der Waals surface area contributed by atoms with Gasteiger partial charge in [0.15, 0.2) is 11.5 Å². The quantitative estimate of drug-likeness (QED) is 0.554. The molecule has 1 rings (SSSR count). The normalized spacial score (nSPS) is 11.5. The van der Waals surface area contributed by atoms with Gasteiger partial charge in [-0.05, 0) is 12.5 Å². The number of benzene rings is 1. The van der Waals surface area contributed by atoms with Crippen LogP contribution in [-0.4, -0.2) is 19.9 Å². The fraction of sp³-hybridized carbons (Fsp3) is 0.500. The molecule has 19 heavy (non-hydrogen) atoms. The highest BCUT2D eigenvalue weighted by molar-refractivity contribution is 6.31. The van der Waals surface area contributed by atoms with Crippen molar-refractivity contribution in [2.24, 2.45) is 0 Å². The Balaban J connectivity index is 2.71. The standard InChI is InChI=1S/C12H13Cl2F3O2/c1-18-10-6-9(14)5-8(7-13)11(10)19-4-2-3-12(15,16)17/h5-6H,2-4,7H2,1H3. The molecule has 2 nitrogen and oxygen atoms in total. The Morgan fingerprint density at radius 1 is 1.26 bits per heavy atom. The van der Waals surface area contributed by atoms with Gasteiger partial charge in [-0.15, -0.1) is 11.6 Å². The highest BCUT2D eigenvalue weighted by atomic mass is 35.5. The van der Waals surface area contributed by atoms with Crippen LogP contribution in [0.3, 0.4) is 0 Å². The smallest absolute Gasteiger partial charge is 0.389 e. The average Bonchev–Trinajstić information content (AvgIpc) is 2.33. The van der Waals surface area contributed by atoms with Crippen molar-refractivity contribution in [3.8, 4) is 11.5 Å². The van der Waals surface area contributed by atoms with E-state index in [1.165, 1.54) is 13.2 Å². The second-order valence-electron chi connectivity index (χ2n) is 3.80. The highest BCUT2D eigenvalue weighted by Gasteiger charge is 2.26. The molecule has 108 valence electrons. The third kappa shape index (κ3) is 5.37. The third-order valence-corrected chi connectivity index (χ3v) is 2.82. The van der Waals surface area contributed by atoms with Crippen molar-refractivity contribution in [2.75, 3.05) is 13.7 Å². The molecule has 0 aliphatic rings. The van der Waals surface area contributed by atoms with Crippen molar-refractivity contribution in [2.45, 2.75) is 24.9 Å². The van der Waals surface area contributed by atoms with Crippen molar-refractivity contribution >= 4 is 23.2 Å². The molecular weight excluding hydrogens is 304 g/mol. The summed E-state index contributed by atoms with van der Waals surface area (Å²) in [7, 11) is 1.42. The van der Waals surface area contributed by atoms with Gasteiger partial charge in [-0.2, -0.15) is 13.2 Å². The number of alkyl halides is 4. The lowest BCUT2D eigenvalue weighted by molar-refractivity contribution is -0.136. The number of hydrogen-bond acceptors (Lipinski definition) is 2. The minimum absolute atomic E-state index is 0.0681. The molecule has 0 aliphatic carbocycles. The summed E-state index contributed by atoms with van der Waals surface area (Å²) >= 11 is 11.6. The van der Waals surface area contributed by atoms with Crippen molar-refractivity contribution in [3.63, 3.8) is 0 Å². The first kappa shape index (κ1) is 16.2. The van der Waals surface area contributed by atoms with E-state index in [4.69, 9.17) is 32.7 Å². The molecule has 0 saturated carbocycles. The van der Waals surface area contributed by atoms with Gasteiger partial charge in [0, 0.05) is 23.1 Å². The highest BCUT2D eigenvalue weighted by Crippen LogP contribution is 2.36. The summed E-state index contributed by atoms with van der Waals surface area (Å²) in [6.45, 7) is -0.0681. The van der Waals surface area contributed by atoms with Crippen molar-refractivity contribution in [3.05, 3.63) is 22.7 Å².